The number of nitrogens with two attached hydrogens (primary N) is 1. The molecule has 0 heterocycles. The fourth-order valence-electron chi connectivity index (χ4n) is 1.99. The summed E-state index contributed by atoms with van der Waals surface area (Å²) < 4.78 is 13.2. The van der Waals surface area contributed by atoms with E-state index in [0.717, 1.165) is 0 Å². The molecule has 0 bridgehead atoms. The number of halogens is 1. The van der Waals surface area contributed by atoms with Gasteiger partial charge in [0.1, 0.15) is 5.82 Å². The molecule has 1 aromatic rings. The molecular weight excluding hydrogens is 205 g/mol. The third-order valence-corrected chi connectivity index (χ3v) is 3.44. The summed E-state index contributed by atoms with van der Waals surface area (Å²) in [5, 5.41) is 10.7. The third-order valence-electron chi connectivity index (χ3n) is 3.44. The van der Waals surface area contributed by atoms with Crippen molar-refractivity contribution in [1.29, 1.82) is 0 Å². The number of hydrogen-bond acceptors (Lipinski definition) is 2. The summed E-state index contributed by atoms with van der Waals surface area (Å²) in [6, 6.07) is 6.10. The highest BCUT2D eigenvalue weighted by Crippen LogP contribution is 2.41. The van der Waals surface area contributed by atoms with Crippen LogP contribution in [-0.2, 0) is 5.60 Å². The first kappa shape index (κ1) is 13.1. The van der Waals surface area contributed by atoms with Crippen molar-refractivity contribution in [1.82, 2.24) is 0 Å². The zero-order chi connectivity index (χ0) is 12.4. The van der Waals surface area contributed by atoms with Gasteiger partial charge in [-0.3, -0.25) is 0 Å². The molecule has 0 fully saturated rings. The number of aliphatic hydroxyl groups is 1. The summed E-state index contributed by atoms with van der Waals surface area (Å²) >= 11 is 0. The van der Waals surface area contributed by atoms with E-state index in [-0.39, 0.29) is 5.82 Å². The van der Waals surface area contributed by atoms with E-state index in [2.05, 4.69) is 0 Å². The van der Waals surface area contributed by atoms with Gasteiger partial charge < -0.3 is 10.8 Å². The monoisotopic (exact) mass is 225 g/mol. The molecule has 1 aromatic carbocycles. The molecule has 0 aliphatic heterocycles. The van der Waals surface area contributed by atoms with Crippen LogP contribution in [0.25, 0.3) is 0 Å². The summed E-state index contributed by atoms with van der Waals surface area (Å²) in [6.45, 7) is 6.00. The van der Waals surface area contributed by atoms with E-state index in [1.165, 1.54) is 12.1 Å². The topological polar surface area (TPSA) is 46.2 Å². The molecule has 0 saturated heterocycles. The molecule has 1 rings (SSSR count). The molecule has 1 atom stereocenters. The van der Waals surface area contributed by atoms with Crippen LogP contribution in [0.1, 0.15) is 32.8 Å². The van der Waals surface area contributed by atoms with Gasteiger partial charge in [0, 0.05) is 12.0 Å². The minimum atomic E-state index is -1.09. The molecule has 0 aliphatic carbocycles. The fraction of sp³-hybridized carbons (Fsp3) is 0.538. The molecular formula is C13H20FNO. The van der Waals surface area contributed by atoms with Gasteiger partial charge in [0.05, 0.1) is 5.60 Å². The Morgan fingerprint density at radius 1 is 1.38 bits per heavy atom. The Kier molecular flexibility index (Phi) is 3.71. The predicted molar refractivity (Wildman–Crippen MR) is 63.4 cm³/mol. The van der Waals surface area contributed by atoms with Crippen molar-refractivity contribution in [3.05, 3.63) is 35.6 Å². The Morgan fingerprint density at radius 2 is 2.00 bits per heavy atom. The maximum absolute atomic E-state index is 13.2. The Morgan fingerprint density at radius 3 is 2.44 bits per heavy atom. The fourth-order valence-corrected chi connectivity index (χ4v) is 1.99. The molecule has 0 amide bonds. The van der Waals surface area contributed by atoms with Crippen molar-refractivity contribution < 1.29 is 9.50 Å². The second-order valence-electron chi connectivity index (χ2n) is 4.81. The first-order valence-electron chi connectivity index (χ1n) is 5.56. The highest BCUT2D eigenvalue weighted by atomic mass is 19.1. The minimum Gasteiger partial charge on any atom is -0.385 e. The van der Waals surface area contributed by atoms with Crippen molar-refractivity contribution in [3.63, 3.8) is 0 Å². The summed E-state index contributed by atoms with van der Waals surface area (Å²) in [6.07, 6.45) is 0.501. The first-order valence-corrected chi connectivity index (χ1v) is 5.56. The van der Waals surface area contributed by atoms with Gasteiger partial charge in [0.25, 0.3) is 0 Å². The van der Waals surface area contributed by atoms with E-state index in [0.29, 0.717) is 18.5 Å². The van der Waals surface area contributed by atoms with E-state index < -0.39 is 11.0 Å². The molecule has 0 spiro atoms. The van der Waals surface area contributed by atoms with Gasteiger partial charge in [0.2, 0.25) is 0 Å². The average molecular weight is 225 g/mol. The van der Waals surface area contributed by atoms with Gasteiger partial charge in [-0.15, -0.1) is 0 Å². The van der Waals surface area contributed by atoms with Gasteiger partial charge in [-0.25, -0.2) is 4.39 Å². The summed E-state index contributed by atoms with van der Waals surface area (Å²) in [4.78, 5) is 0. The van der Waals surface area contributed by atoms with Gasteiger partial charge in [-0.05, 0) is 24.1 Å². The molecule has 0 aromatic heterocycles. The highest BCUT2D eigenvalue weighted by Gasteiger charge is 2.42. The Hall–Kier alpha value is -0.930. The Balaban J connectivity index is 3.25. The smallest absolute Gasteiger partial charge is 0.123 e. The van der Waals surface area contributed by atoms with Crippen molar-refractivity contribution in [2.24, 2.45) is 11.1 Å². The molecule has 16 heavy (non-hydrogen) atoms. The lowest BCUT2D eigenvalue weighted by Crippen LogP contribution is -2.46. The van der Waals surface area contributed by atoms with Crippen LogP contribution in [0.5, 0.6) is 0 Å². The van der Waals surface area contributed by atoms with E-state index >= 15 is 0 Å². The zero-order valence-corrected chi connectivity index (χ0v) is 10.1. The van der Waals surface area contributed by atoms with E-state index in [1.54, 1.807) is 12.1 Å². The average Bonchev–Trinajstić information content (AvgIpc) is 2.27. The number of benzene rings is 1. The summed E-state index contributed by atoms with van der Waals surface area (Å²) in [5.74, 6) is -0.336. The molecule has 0 radical (unpaired) electrons. The molecule has 0 aliphatic rings. The third kappa shape index (κ3) is 2.11. The van der Waals surface area contributed by atoms with Crippen LogP contribution < -0.4 is 5.73 Å². The molecule has 90 valence electrons. The van der Waals surface area contributed by atoms with Crippen LogP contribution in [0.4, 0.5) is 4.39 Å². The van der Waals surface area contributed by atoms with Crippen molar-refractivity contribution >= 4 is 0 Å². The number of rotatable bonds is 4. The van der Waals surface area contributed by atoms with Gasteiger partial charge in [-0.1, -0.05) is 32.9 Å². The molecule has 1 unspecified atom stereocenters. The van der Waals surface area contributed by atoms with Crippen LogP contribution >= 0.6 is 0 Å². The quantitative estimate of drug-likeness (QED) is 0.826. The lowest BCUT2D eigenvalue weighted by molar-refractivity contribution is -0.0723. The molecule has 0 saturated carbocycles. The zero-order valence-electron chi connectivity index (χ0n) is 10.1. The summed E-state index contributed by atoms with van der Waals surface area (Å²) in [7, 11) is 0. The van der Waals surface area contributed by atoms with Gasteiger partial charge in [-0.2, -0.15) is 0 Å². The first-order chi connectivity index (χ1) is 7.37. The molecule has 3 N–H and O–H groups in total. The molecule has 3 heteroatoms. The van der Waals surface area contributed by atoms with Crippen LogP contribution in [0.2, 0.25) is 0 Å². The highest BCUT2D eigenvalue weighted by molar-refractivity contribution is 5.25. The second kappa shape index (κ2) is 4.52. The van der Waals surface area contributed by atoms with Crippen molar-refractivity contribution in [2.45, 2.75) is 32.8 Å². The Labute approximate surface area is 96.3 Å². The minimum absolute atomic E-state index is 0.336. The van der Waals surface area contributed by atoms with E-state index in [1.807, 2.05) is 20.8 Å². The van der Waals surface area contributed by atoms with E-state index in [9.17, 15) is 9.50 Å². The van der Waals surface area contributed by atoms with Gasteiger partial charge >= 0.3 is 0 Å². The normalized spacial score (nSPS) is 15.9. The van der Waals surface area contributed by atoms with Crippen molar-refractivity contribution in [2.75, 3.05) is 6.54 Å². The van der Waals surface area contributed by atoms with Gasteiger partial charge in [0.15, 0.2) is 0 Å². The van der Waals surface area contributed by atoms with E-state index in [4.69, 9.17) is 5.73 Å². The standard InChI is InChI=1S/C13H20FNO/c1-4-13(16,12(2,3)9-15)10-6-5-7-11(14)8-10/h5-8,16H,4,9,15H2,1-3H3. The van der Waals surface area contributed by atoms with Crippen LogP contribution in [0.3, 0.4) is 0 Å². The second-order valence-corrected chi connectivity index (χ2v) is 4.81. The van der Waals surface area contributed by atoms with Crippen LogP contribution in [0.15, 0.2) is 24.3 Å². The maximum Gasteiger partial charge on any atom is 0.123 e. The largest absolute Gasteiger partial charge is 0.385 e. The lowest BCUT2D eigenvalue weighted by Gasteiger charge is -2.42. The molecule has 2 nitrogen and oxygen atoms in total. The predicted octanol–water partition coefficient (Wildman–Crippen LogP) is 2.41. The maximum atomic E-state index is 13.2. The van der Waals surface area contributed by atoms with Crippen LogP contribution in [-0.4, -0.2) is 11.7 Å². The number of hydrogen-bond donors (Lipinski definition) is 2. The summed E-state index contributed by atoms with van der Waals surface area (Å²) in [5.41, 5.74) is 4.69. The van der Waals surface area contributed by atoms with Crippen molar-refractivity contribution in [3.8, 4) is 0 Å². The SMILES string of the molecule is CCC(O)(c1cccc(F)c1)C(C)(C)CN. The lowest BCUT2D eigenvalue weighted by atomic mass is 9.69. The Bertz CT molecular complexity index is 365. The van der Waals surface area contributed by atoms with Crippen LogP contribution in [0, 0.1) is 11.2 Å².